The first-order valence-electron chi connectivity index (χ1n) is 7.07. The van der Waals surface area contributed by atoms with Crippen molar-refractivity contribution in [3.63, 3.8) is 0 Å². The van der Waals surface area contributed by atoms with Crippen LogP contribution in [0.25, 0.3) is 10.9 Å². The van der Waals surface area contributed by atoms with Gasteiger partial charge in [-0.2, -0.15) is 4.98 Å². The maximum Gasteiger partial charge on any atom is 0.222 e. The van der Waals surface area contributed by atoms with E-state index < -0.39 is 0 Å². The molecule has 4 N–H and O–H groups in total. The van der Waals surface area contributed by atoms with E-state index in [0.29, 0.717) is 22.5 Å². The molecule has 0 saturated carbocycles. The summed E-state index contributed by atoms with van der Waals surface area (Å²) < 4.78 is 5.40. The van der Waals surface area contributed by atoms with E-state index in [-0.39, 0.29) is 5.95 Å². The molecule has 1 aromatic heterocycles. The molecule has 3 rings (SSSR count). The number of nitrogens with two attached hydrogens (primary N) is 2. The molecule has 3 aromatic rings. The van der Waals surface area contributed by atoms with E-state index in [1.54, 1.807) is 7.11 Å². The Balaban J connectivity index is 2.15. The van der Waals surface area contributed by atoms with Crippen LogP contribution in [-0.2, 0) is 0 Å². The van der Waals surface area contributed by atoms with E-state index in [2.05, 4.69) is 21.8 Å². The lowest BCUT2D eigenvalue weighted by molar-refractivity contribution is 0.419. The minimum absolute atomic E-state index is 0.126. The lowest BCUT2D eigenvalue weighted by Gasteiger charge is -2.08. The largest absolute Gasteiger partial charge is 0.496 e. The fourth-order valence-corrected chi connectivity index (χ4v) is 2.36. The van der Waals surface area contributed by atoms with Crippen molar-refractivity contribution < 1.29 is 4.74 Å². The number of fused-ring (bicyclic) bond motifs is 1. The van der Waals surface area contributed by atoms with Gasteiger partial charge in [-0.1, -0.05) is 30.0 Å². The standard InChI is InChI=1S/C18H16N4O/c1-11-5-3-4-6-13(11)8-7-12-9-14-16(15(10-12)23-2)17(19)22-18(20)21-14/h3-6,9-10H,1-2H3,(H4,19,20,21,22). The number of rotatable bonds is 1. The molecule has 0 aliphatic carbocycles. The number of hydrogen-bond acceptors (Lipinski definition) is 5. The van der Waals surface area contributed by atoms with Crippen molar-refractivity contribution in [2.24, 2.45) is 0 Å². The quantitative estimate of drug-likeness (QED) is 0.675. The molecule has 2 aromatic carbocycles. The first-order chi connectivity index (χ1) is 11.1. The summed E-state index contributed by atoms with van der Waals surface area (Å²) in [5, 5.41) is 0.642. The number of ether oxygens (including phenoxy) is 1. The lowest BCUT2D eigenvalue weighted by Crippen LogP contribution is -2.02. The monoisotopic (exact) mass is 304 g/mol. The summed E-state index contributed by atoms with van der Waals surface area (Å²) >= 11 is 0. The topological polar surface area (TPSA) is 87.0 Å². The Hall–Kier alpha value is -3.26. The molecule has 0 unspecified atom stereocenters. The highest BCUT2D eigenvalue weighted by atomic mass is 16.5. The molecule has 0 amide bonds. The number of hydrogen-bond donors (Lipinski definition) is 2. The molecule has 23 heavy (non-hydrogen) atoms. The number of benzene rings is 2. The van der Waals surface area contributed by atoms with Crippen LogP contribution in [0.2, 0.25) is 0 Å². The smallest absolute Gasteiger partial charge is 0.222 e. The van der Waals surface area contributed by atoms with Gasteiger partial charge in [0.1, 0.15) is 11.6 Å². The molecule has 0 spiro atoms. The fraction of sp³-hybridized carbons (Fsp3) is 0.111. The number of methoxy groups -OCH3 is 1. The molecule has 5 heteroatoms. The van der Waals surface area contributed by atoms with Crippen LogP contribution >= 0.6 is 0 Å². The summed E-state index contributed by atoms with van der Waals surface area (Å²) in [6.07, 6.45) is 0. The highest BCUT2D eigenvalue weighted by Gasteiger charge is 2.10. The number of nitrogens with zero attached hydrogens (tertiary/aromatic N) is 2. The molecule has 0 saturated heterocycles. The van der Waals surface area contributed by atoms with E-state index >= 15 is 0 Å². The number of nitrogen functional groups attached to an aromatic ring is 2. The number of anilines is 2. The van der Waals surface area contributed by atoms with Crippen molar-refractivity contribution >= 4 is 22.7 Å². The first-order valence-corrected chi connectivity index (χ1v) is 7.07. The summed E-state index contributed by atoms with van der Waals surface area (Å²) in [6.45, 7) is 2.03. The zero-order valence-corrected chi connectivity index (χ0v) is 12.9. The van der Waals surface area contributed by atoms with Gasteiger partial charge in [0.15, 0.2) is 0 Å². The SMILES string of the molecule is COc1cc(C#Cc2ccccc2C)cc2nc(N)nc(N)c12. The van der Waals surface area contributed by atoms with Crippen LogP contribution in [0, 0.1) is 18.8 Å². The van der Waals surface area contributed by atoms with Gasteiger partial charge < -0.3 is 16.2 Å². The molecule has 1 heterocycles. The van der Waals surface area contributed by atoms with E-state index in [9.17, 15) is 0 Å². The van der Waals surface area contributed by atoms with Gasteiger partial charge in [0.2, 0.25) is 5.95 Å². The summed E-state index contributed by atoms with van der Waals surface area (Å²) in [7, 11) is 1.57. The summed E-state index contributed by atoms with van der Waals surface area (Å²) in [5.41, 5.74) is 15.1. The summed E-state index contributed by atoms with van der Waals surface area (Å²) in [6, 6.07) is 11.6. The van der Waals surface area contributed by atoms with Gasteiger partial charge in [-0.3, -0.25) is 0 Å². The molecule has 0 aliphatic heterocycles. The van der Waals surface area contributed by atoms with Crippen LogP contribution in [0.1, 0.15) is 16.7 Å². The molecular formula is C18H16N4O. The molecule has 0 aliphatic rings. The van der Waals surface area contributed by atoms with Crippen molar-refractivity contribution in [3.8, 4) is 17.6 Å². The minimum atomic E-state index is 0.126. The van der Waals surface area contributed by atoms with Crippen LogP contribution in [-0.4, -0.2) is 17.1 Å². The Morgan fingerprint density at radius 2 is 1.83 bits per heavy atom. The van der Waals surface area contributed by atoms with Crippen molar-refractivity contribution in [2.45, 2.75) is 6.92 Å². The van der Waals surface area contributed by atoms with E-state index in [1.807, 2.05) is 43.3 Å². The lowest BCUT2D eigenvalue weighted by atomic mass is 10.1. The van der Waals surface area contributed by atoms with Gasteiger partial charge in [0, 0.05) is 11.1 Å². The Bertz CT molecular complexity index is 954. The fourth-order valence-electron chi connectivity index (χ4n) is 2.36. The Labute approximate surface area is 134 Å². The molecule has 114 valence electrons. The second kappa shape index (κ2) is 5.85. The molecule has 0 fully saturated rings. The van der Waals surface area contributed by atoms with E-state index in [0.717, 1.165) is 16.7 Å². The summed E-state index contributed by atoms with van der Waals surface area (Å²) in [4.78, 5) is 8.19. The number of aryl methyl sites for hydroxylation is 1. The molecular weight excluding hydrogens is 288 g/mol. The van der Waals surface area contributed by atoms with Crippen molar-refractivity contribution in [2.75, 3.05) is 18.6 Å². The average Bonchev–Trinajstić information content (AvgIpc) is 2.52. The Morgan fingerprint density at radius 3 is 2.57 bits per heavy atom. The predicted octanol–water partition coefficient (Wildman–Crippen LogP) is 2.51. The molecule has 0 bridgehead atoms. The molecule has 0 radical (unpaired) electrons. The van der Waals surface area contributed by atoms with Gasteiger partial charge in [0.05, 0.1) is 18.0 Å². The van der Waals surface area contributed by atoms with Gasteiger partial charge in [-0.15, -0.1) is 0 Å². The average molecular weight is 304 g/mol. The Morgan fingerprint density at radius 1 is 1.04 bits per heavy atom. The van der Waals surface area contributed by atoms with Gasteiger partial charge in [-0.25, -0.2) is 4.98 Å². The van der Waals surface area contributed by atoms with Crippen LogP contribution in [0.3, 0.4) is 0 Å². The highest BCUT2D eigenvalue weighted by Crippen LogP contribution is 2.30. The van der Waals surface area contributed by atoms with Crippen LogP contribution in [0.5, 0.6) is 5.75 Å². The van der Waals surface area contributed by atoms with E-state index in [1.165, 1.54) is 0 Å². The van der Waals surface area contributed by atoms with E-state index in [4.69, 9.17) is 16.2 Å². The van der Waals surface area contributed by atoms with Crippen LogP contribution < -0.4 is 16.2 Å². The maximum absolute atomic E-state index is 5.92. The van der Waals surface area contributed by atoms with Gasteiger partial charge in [-0.05, 0) is 30.7 Å². The van der Waals surface area contributed by atoms with Crippen molar-refractivity contribution in [1.29, 1.82) is 0 Å². The highest BCUT2D eigenvalue weighted by molar-refractivity contribution is 5.95. The maximum atomic E-state index is 5.92. The molecule has 0 atom stereocenters. The first kappa shape index (κ1) is 14.7. The van der Waals surface area contributed by atoms with Crippen molar-refractivity contribution in [1.82, 2.24) is 9.97 Å². The summed E-state index contributed by atoms with van der Waals surface area (Å²) in [5.74, 6) is 7.30. The van der Waals surface area contributed by atoms with Gasteiger partial charge in [0.25, 0.3) is 0 Å². The third kappa shape index (κ3) is 2.87. The minimum Gasteiger partial charge on any atom is -0.496 e. The zero-order valence-electron chi connectivity index (χ0n) is 12.9. The second-order valence-electron chi connectivity index (χ2n) is 5.10. The van der Waals surface area contributed by atoms with Crippen molar-refractivity contribution in [3.05, 3.63) is 53.1 Å². The molecule has 5 nitrogen and oxygen atoms in total. The third-order valence-corrected chi connectivity index (χ3v) is 3.51. The van der Waals surface area contributed by atoms with Gasteiger partial charge >= 0.3 is 0 Å². The normalized spacial score (nSPS) is 10.2. The third-order valence-electron chi connectivity index (χ3n) is 3.51. The van der Waals surface area contributed by atoms with Crippen LogP contribution in [0.15, 0.2) is 36.4 Å². The Kier molecular flexibility index (Phi) is 3.73. The second-order valence-corrected chi connectivity index (χ2v) is 5.10. The predicted molar refractivity (Wildman–Crippen MR) is 92.1 cm³/mol. The number of aromatic nitrogens is 2. The zero-order chi connectivity index (χ0) is 16.4. The van der Waals surface area contributed by atoms with Crippen LogP contribution in [0.4, 0.5) is 11.8 Å².